The van der Waals surface area contributed by atoms with Gasteiger partial charge in [0.2, 0.25) is 15.9 Å². The fourth-order valence-corrected chi connectivity index (χ4v) is 3.11. The van der Waals surface area contributed by atoms with Gasteiger partial charge in [0.15, 0.2) is 0 Å². The number of rotatable bonds is 7. The number of nitrogens with one attached hydrogen (secondary N) is 3. The van der Waals surface area contributed by atoms with Gasteiger partial charge in [-0.1, -0.05) is 0 Å². The standard InChI is InChI=1S/C15H24N4O4S/c1-5-16-15(21)18-14(20)10-17-12-6-8-13(9-7-12)24(22,23)19(4)11(2)3/h6-9,11,17H,5,10H2,1-4H3,(H2,16,18,20,21). The molecule has 0 heterocycles. The van der Waals surface area contributed by atoms with E-state index in [9.17, 15) is 18.0 Å². The third-order valence-corrected chi connectivity index (χ3v) is 5.35. The lowest BCUT2D eigenvalue weighted by molar-refractivity contribution is -0.118. The minimum Gasteiger partial charge on any atom is -0.376 e. The molecule has 0 saturated carbocycles. The molecule has 1 aromatic rings. The molecule has 0 atom stereocenters. The van der Waals surface area contributed by atoms with Gasteiger partial charge < -0.3 is 10.6 Å². The lowest BCUT2D eigenvalue weighted by atomic mass is 10.3. The van der Waals surface area contributed by atoms with Crippen molar-refractivity contribution in [1.82, 2.24) is 14.9 Å². The molecule has 3 amide bonds. The summed E-state index contributed by atoms with van der Waals surface area (Å²) >= 11 is 0. The van der Waals surface area contributed by atoms with Crippen LogP contribution in [0.5, 0.6) is 0 Å². The monoisotopic (exact) mass is 356 g/mol. The van der Waals surface area contributed by atoms with Gasteiger partial charge in [0, 0.05) is 25.3 Å². The lowest BCUT2D eigenvalue weighted by Gasteiger charge is -2.21. The van der Waals surface area contributed by atoms with Crippen molar-refractivity contribution in [3.05, 3.63) is 24.3 Å². The lowest BCUT2D eigenvalue weighted by Crippen LogP contribution is -2.41. The predicted octanol–water partition coefficient (Wildman–Crippen LogP) is 0.973. The summed E-state index contributed by atoms with van der Waals surface area (Å²) in [5.41, 5.74) is 0.576. The maximum Gasteiger partial charge on any atom is 0.321 e. The molecular weight excluding hydrogens is 332 g/mol. The van der Waals surface area contributed by atoms with Crippen LogP contribution >= 0.6 is 0 Å². The Morgan fingerprint density at radius 3 is 2.25 bits per heavy atom. The van der Waals surface area contributed by atoms with Gasteiger partial charge in [0.25, 0.3) is 0 Å². The average Bonchev–Trinajstić information content (AvgIpc) is 2.52. The van der Waals surface area contributed by atoms with Crippen molar-refractivity contribution in [2.24, 2.45) is 0 Å². The number of hydrogen-bond acceptors (Lipinski definition) is 5. The zero-order valence-electron chi connectivity index (χ0n) is 14.3. The largest absolute Gasteiger partial charge is 0.376 e. The summed E-state index contributed by atoms with van der Waals surface area (Å²) < 4.78 is 25.9. The predicted molar refractivity (Wildman–Crippen MR) is 92.2 cm³/mol. The van der Waals surface area contributed by atoms with Gasteiger partial charge in [-0.15, -0.1) is 0 Å². The molecule has 3 N–H and O–H groups in total. The summed E-state index contributed by atoms with van der Waals surface area (Å²) in [6.45, 7) is 5.65. The van der Waals surface area contributed by atoms with Crippen LogP contribution in [0, 0.1) is 0 Å². The minimum absolute atomic E-state index is 0.102. The van der Waals surface area contributed by atoms with Crippen LogP contribution in [0.3, 0.4) is 0 Å². The number of sulfonamides is 1. The summed E-state index contributed by atoms with van der Waals surface area (Å²) in [7, 11) is -2.01. The van der Waals surface area contributed by atoms with Gasteiger partial charge in [0.1, 0.15) is 0 Å². The highest BCUT2D eigenvalue weighted by Gasteiger charge is 2.22. The summed E-state index contributed by atoms with van der Waals surface area (Å²) in [5, 5.41) is 7.43. The Labute approximate surface area is 142 Å². The van der Waals surface area contributed by atoms with E-state index in [1.54, 1.807) is 32.9 Å². The maximum absolute atomic E-state index is 12.3. The van der Waals surface area contributed by atoms with E-state index in [-0.39, 0.29) is 17.5 Å². The quantitative estimate of drug-likeness (QED) is 0.675. The van der Waals surface area contributed by atoms with Crippen molar-refractivity contribution >= 4 is 27.6 Å². The van der Waals surface area contributed by atoms with E-state index >= 15 is 0 Å². The smallest absolute Gasteiger partial charge is 0.321 e. The van der Waals surface area contributed by atoms with E-state index in [0.717, 1.165) is 0 Å². The van der Waals surface area contributed by atoms with E-state index < -0.39 is 22.0 Å². The number of nitrogens with zero attached hydrogens (tertiary/aromatic N) is 1. The highest BCUT2D eigenvalue weighted by Crippen LogP contribution is 2.18. The Bertz CT molecular complexity index is 671. The molecular formula is C15H24N4O4S. The molecule has 24 heavy (non-hydrogen) atoms. The molecule has 0 spiro atoms. The summed E-state index contributed by atoms with van der Waals surface area (Å²) in [6, 6.07) is 5.38. The van der Waals surface area contributed by atoms with Crippen LogP contribution in [-0.2, 0) is 14.8 Å². The Balaban J connectivity index is 2.66. The molecule has 9 heteroatoms. The molecule has 0 aliphatic heterocycles. The molecule has 0 radical (unpaired) electrons. The van der Waals surface area contributed by atoms with Crippen LogP contribution in [0.4, 0.5) is 10.5 Å². The van der Waals surface area contributed by atoms with Gasteiger partial charge in [-0.05, 0) is 45.0 Å². The fourth-order valence-electron chi connectivity index (χ4n) is 1.75. The molecule has 134 valence electrons. The van der Waals surface area contributed by atoms with Crippen molar-refractivity contribution in [3.8, 4) is 0 Å². The van der Waals surface area contributed by atoms with Crippen LogP contribution in [0.2, 0.25) is 0 Å². The Kier molecular flexibility index (Phi) is 7.18. The number of anilines is 1. The first-order valence-corrected chi connectivity index (χ1v) is 9.02. The van der Waals surface area contributed by atoms with Crippen LogP contribution in [0.15, 0.2) is 29.2 Å². The SMILES string of the molecule is CCNC(=O)NC(=O)CNc1ccc(S(=O)(=O)N(C)C(C)C)cc1. The number of hydrogen-bond donors (Lipinski definition) is 3. The third kappa shape index (κ3) is 5.50. The van der Waals surface area contributed by atoms with Crippen molar-refractivity contribution < 1.29 is 18.0 Å². The first-order chi connectivity index (χ1) is 11.2. The number of carbonyl (C=O) groups is 2. The molecule has 0 aromatic heterocycles. The summed E-state index contributed by atoms with van der Waals surface area (Å²) in [6.07, 6.45) is 0. The van der Waals surface area contributed by atoms with Crippen molar-refractivity contribution in [2.45, 2.75) is 31.7 Å². The van der Waals surface area contributed by atoms with E-state index in [0.29, 0.717) is 12.2 Å². The molecule has 0 aliphatic rings. The fraction of sp³-hybridized carbons (Fsp3) is 0.467. The molecule has 8 nitrogen and oxygen atoms in total. The topological polar surface area (TPSA) is 108 Å². The molecule has 0 aliphatic carbocycles. The van der Waals surface area contributed by atoms with Crippen LogP contribution in [0.25, 0.3) is 0 Å². The third-order valence-electron chi connectivity index (χ3n) is 3.30. The van der Waals surface area contributed by atoms with E-state index in [4.69, 9.17) is 0 Å². The van der Waals surface area contributed by atoms with Crippen molar-refractivity contribution in [3.63, 3.8) is 0 Å². The molecule has 0 saturated heterocycles. The van der Waals surface area contributed by atoms with E-state index in [1.165, 1.54) is 23.5 Å². The van der Waals surface area contributed by atoms with E-state index in [2.05, 4.69) is 16.0 Å². The van der Waals surface area contributed by atoms with Crippen molar-refractivity contribution in [2.75, 3.05) is 25.5 Å². The van der Waals surface area contributed by atoms with Gasteiger partial charge >= 0.3 is 6.03 Å². The number of imide groups is 1. The zero-order chi connectivity index (χ0) is 18.3. The van der Waals surface area contributed by atoms with Crippen molar-refractivity contribution in [1.29, 1.82) is 0 Å². The maximum atomic E-state index is 12.3. The van der Waals surface area contributed by atoms with Crippen LogP contribution in [0.1, 0.15) is 20.8 Å². The number of amides is 3. The second-order valence-corrected chi connectivity index (χ2v) is 7.40. The van der Waals surface area contributed by atoms with Gasteiger partial charge in [-0.3, -0.25) is 10.1 Å². The second-order valence-electron chi connectivity index (χ2n) is 5.40. The molecule has 0 fully saturated rings. The number of carbonyl (C=O) groups excluding carboxylic acids is 2. The van der Waals surface area contributed by atoms with Gasteiger partial charge in [0.05, 0.1) is 11.4 Å². The molecule has 1 rings (SSSR count). The second kappa shape index (κ2) is 8.65. The van der Waals surface area contributed by atoms with E-state index in [1.807, 2.05) is 0 Å². The molecule has 0 bridgehead atoms. The minimum atomic E-state index is -3.54. The van der Waals surface area contributed by atoms with Crippen LogP contribution in [-0.4, -0.2) is 50.8 Å². The Hall–Kier alpha value is -2.13. The summed E-state index contributed by atoms with van der Waals surface area (Å²) in [5.74, 6) is -0.489. The van der Waals surface area contributed by atoms with Crippen LogP contribution < -0.4 is 16.0 Å². The molecule has 0 unspecified atom stereocenters. The highest BCUT2D eigenvalue weighted by molar-refractivity contribution is 7.89. The number of urea groups is 1. The molecule has 1 aromatic carbocycles. The Morgan fingerprint density at radius 2 is 1.75 bits per heavy atom. The highest BCUT2D eigenvalue weighted by atomic mass is 32.2. The van der Waals surface area contributed by atoms with Gasteiger partial charge in [-0.2, -0.15) is 4.31 Å². The number of benzene rings is 1. The van der Waals surface area contributed by atoms with Gasteiger partial charge in [-0.25, -0.2) is 13.2 Å². The average molecular weight is 356 g/mol. The zero-order valence-corrected chi connectivity index (χ0v) is 15.1. The normalized spacial score (nSPS) is 11.4. The first kappa shape index (κ1) is 19.9. The Morgan fingerprint density at radius 1 is 1.17 bits per heavy atom. The first-order valence-electron chi connectivity index (χ1n) is 7.58. The summed E-state index contributed by atoms with van der Waals surface area (Å²) in [4.78, 5) is 22.9.